The Labute approximate surface area is 126 Å². The Morgan fingerprint density at radius 3 is 2.76 bits per heavy atom. The monoisotopic (exact) mass is 320 g/mol. The van der Waals surface area contributed by atoms with Gasteiger partial charge in [0.2, 0.25) is 0 Å². The first-order chi connectivity index (χ1) is 9.97. The molecule has 0 fully saturated rings. The first-order valence-electron chi connectivity index (χ1n) is 6.07. The summed E-state index contributed by atoms with van der Waals surface area (Å²) in [6.07, 6.45) is 0. The number of nitrogens with zero attached hydrogens (tertiary/aromatic N) is 2. The molecule has 2 aromatic carbocycles. The molecule has 21 heavy (non-hydrogen) atoms. The molecule has 1 heterocycles. The number of aromatic nitrogens is 2. The summed E-state index contributed by atoms with van der Waals surface area (Å²) in [4.78, 5) is 0.0914. The maximum Gasteiger partial charge on any atom is 0.264 e. The number of rotatable bonds is 3. The quantitative estimate of drug-likeness (QED) is 0.722. The van der Waals surface area contributed by atoms with E-state index in [1.54, 1.807) is 30.3 Å². The van der Waals surface area contributed by atoms with E-state index < -0.39 is 10.0 Å². The van der Waals surface area contributed by atoms with Crippen LogP contribution >= 0.6 is 11.7 Å². The van der Waals surface area contributed by atoms with Gasteiger partial charge in [0.15, 0.2) is 0 Å². The lowest BCUT2D eigenvalue weighted by atomic mass is 10.2. The van der Waals surface area contributed by atoms with Crippen molar-refractivity contribution in [2.24, 2.45) is 0 Å². The number of nitrogens with two attached hydrogens (primary N) is 1. The average molecular weight is 320 g/mol. The summed E-state index contributed by atoms with van der Waals surface area (Å²) in [7, 11) is -3.77. The van der Waals surface area contributed by atoms with Crippen molar-refractivity contribution < 1.29 is 8.42 Å². The highest BCUT2D eigenvalue weighted by atomic mass is 32.2. The Kier molecular flexibility index (Phi) is 3.26. The molecule has 0 amide bonds. The summed E-state index contributed by atoms with van der Waals surface area (Å²) in [5.74, 6) is 0. The lowest BCUT2D eigenvalue weighted by molar-refractivity contribution is 0.602. The largest absolute Gasteiger partial charge is 0.397 e. The maximum absolute atomic E-state index is 12.5. The fourth-order valence-electron chi connectivity index (χ4n) is 1.97. The van der Waals surface area contributed by atoms with Crippen LogP contribution in [-0.4, -0.2) is 17.2 Å². The van der Waals surface area contributed by atoms with Gasteiger partial charge in [-0.15, -0.1) is 0 Å². The molecule has 8 heteroatoms. The van der Waals surface area contributed by atoms with E-state index in [2.05, 4.69) is 13.5 Å². The van der Waals surface area contributed by atoms with Crippen molar-refractivity contribution in [2.45, 2.75) is 11.8 Å². The molecule has 0 bridgehead atoms. The summed E-state index contributed by atoms with van der Waals surface area (Å²) in [5.41, 5.74) is 8.45. The zero-order valence-corrected chi connectivity index (χ0v) is 12.7. The number of benzene rings is 2. The number of nitrogen functional groups attached to an aromatic ring is 1. The van der Waals surface area contributed by atoms with Crippen LogP contribution in [0.15, 0.2) is 41.3 Å². The number of anilines is 2. The molecule has 0 saturated carbocycles. The van der Waals surface area contributed by atoms with Crippen molar-refractivity contribution in [3.8, 4) is 0 Å². The second kappa shape index (κ2) is 4.97. The van der Waals surface area contributed by atoms with Gasteiger partial charge in [0.1, 0.15) is 15.9 Å². The van der Waals surface area contributed by atoms with Crippen LogP contribution in [0.3, 0.4) is 0 Å². The van der Waals surface area contributed by atoms with Gasteiger partial charge in [-0.2, -0.15) is 8.75 Å². The van der Waals surface area contributed by atoms with Crippen molar-refractivity contribution >= 4 is 44.2 Å². The molecule has 0 aliphatic rings. The summed E-state index contributed by atoms with van der Waals surface area (Å²) in [6, 6.07) is 10.00. The number of nitrogens with one attached hydrogen (secondary N) is 1. The van der Waals surface area contributed by atoms with Crippen LogP contribution in [0.25, 0.3) is 11.0 Å². The molecular formula is C13H12N4O2S2. The highest BCUT2D eigenvalue weighted by Gasteiger charge is 2.20. The minimum atomic E-state index is -3.77. The molecule has 0 unspecified atom stereocenters. The predicted octanol–water partition coefficient (Wildman–Crippen LogP) is 2.38. The fraction of sp³-hybridized carbons (Fsp3) is 0.0769. The van der Waals surface area contributed by atoms with Gasteiger partial charge in [-0.25, -0.2) is 8.42 Å². The number of hydrogen-bond acceptors (Lipinski definition) is 6. The third kappa shape index (κ3) is 2.55. The maximum atomic E-state index is 12.5. The van der Waals surface area contributed by atoms with Gasteiger partial charge in [-0.1, -0.05) is 12.1 Å². The Morgan fingerprint density at radius 1 is 1.19 bits per heavy atom. The molecule has 0 atom stereocenters. The minimum absolute atomic E-state index is 0.0914. The third-order valence-corrected chi connectivity index (χ3v) is 4.93. The highest BCUT2D eigenvalue weighted by molar-refractivity contribution is 7.93. The molecule has 6 nitrogen and oxygen atoms in total. The fourth-order valence-corrected chi connectivity index (χ4v) is 3.83. The second-order valence-corrected chi connectivity index (χ2v) is 6.76. The average Bonchev–Trinajstić information content (AvgIpc) is 2.90. The molecule has 3 rings (SSSR count). The van der Waals surface area contributed by atoms with Crippen molar-refractivity contribution in [2.75, 3.05) is 10.5 Å². The van der Waals surface area contributed by atoms with Crippen LogP contribution in [-0.2, 0) is 10.0 Å². The number of sulfonamides is 1. The van der Waals surface area contributed by atoms with Gasteiger partial charge in [-0.05, 0) is 36.8 Å². The Balaban J connectivity index is 2.06. The van der Waals surface area contributed by atoms with Gasteiger partial charge < -0.3 is 5.73 Å². The van der Waals surface area contributed by atoms with Crippen LogP contribution in [0, 0.1) is 6.92 Å². The zero-order chi connectivity index (χ0) is 15.0. The van der Waals surface area contributed by atoms with Crippen LogP contribution in [0.2, 0.25) is 0 Å². The first-order valence-corrected chi connectivity index (χ1v) is 8.29. The standard InChI is InChI=1S/C13H12N4O2S2/c1-8-5-6-10(9(14)7-8)17-21(18,19)12-4-2-3-11-13(12)16-20-15-11/h2-7,17H,14H2,1H3. The number of hydrogen-bond donors (Lipinski definition) is 2. The minimum Gasteiger partial charge on any atom is -0.397 e. The Morgan fingerprint density at radius 2 is 2.00 bits per heavy atom. The van der Waals surface area contributed by atoms with E-state index >= 15 is 0 Å². The van der Waals surface area contributed by atoms with E-state index in [0.717, 1.165) is 17.3 Å². The molecule has 0 aliphatic heterocycles. The summed E-state index contributed by atoms with van der Waals surface area (Å²) < 4.78 is 35.6. The van der Waals surface area contributed by atoms with Gasteiger partial charge in [0.05, 0.1) is 23.1 Å². The lowest BCUT2D eigenvalue weighted by Crippen LogP contribution is -2.14. The van der Waals surface area contributed by atoms with E-state index in [9.17, 15) is 8.42 Å². The normalized spacial score (nSPS) is 11.7. The third-order valence-electron chi connectivity index (χ3n) is 2.99. The molecule has 3 aromatic rings. The van der Waals surface area contributed by atoms with Gasteiger partial charge in [0, 0.05) is 0 Å². The van der Waals surface area contributed by atoms with E-state index in [0.29, 0.717) is 22.4 Å². The predicted molar refractivity (Wildman–Crippen MR) is 83.8 cm³/mol. The zero-order valence-electron chi connectivity index (χ0n) is 11.1. The van der Waals surface area contributed by atoms with Crippen LogP contribution in [0.4, 0.5) is 11.4 Å². The molecule has 3 N–H and O–H groups in total. The van der Waals surface area contributed by atoms with E-state index in [1.165, 1.54) is 6.07 Å². The topological polar surface area (TPSA) is 98.0 Å². The molecule has 1 aromatic heterocycles. The smallest absolute Gasteiger partial charge is 0.264 e. The van der Waals surface area contributed by atoms with Crippen LogP contribution in [0.5, 0.6) is 0 Å². The Hall–Kier alpha value is -2.19. The molecule has 0 aliphatic carbocycles. The SMILES string of the molecule is Cc1ccc(NS(=O)(=O)c2cccc3nsnc23)c(N)c1. The first kappa shape index (κ1) is 13.8. The molecule has 0 radical (unpaired) electrons. The molecule has 0 saturated heterocycles. The van der Waals surface area contributed by atoms with Gasteiger partial charge in [0.25, 0.3) is 10.0 Å². The van der Waals surface area contributed by atoms with E-state index in [1.807, 2.05) is 6.92 Å². The van der Waals surface area contributed by atoms with E-state index in [-0.39, 0.29) is 4.90 Å². The highest BCUT2D eigenvalue weighted by Crippen LogP contribution is 2.26. The lowest BCUT2D eigenvalue weighted by Gasteiger charge is -2.11. The summed E-state index contributed by atoms with van der Waals surface area (Å²) >= 11 is 0.978. The van der Waals surface area contributed by atoms with E-state index in [4.69, 9.17) is 5.73 Å². The second-order valence-electron chi connectivity index (χ2n) is 4.58. The molecule has 108 valence electrons. The van der Waals surface area contributed by atoms with Gasteiger partial charge >= 0.3 is 0 Å². The number of aryl methyl sites for hydroxylation is 1. The van der Waals surface area contributed by atoms with Crippen molar-refractivity contribution in [3.63, 3.8) is 0 Å². The molecule has 0 spiro atoms. The van der Waals surface area contributed by atoms with Crippen LogP contribution < -0.4 is 10.5 Å². The van der Waals surface area contributed by atoms with Crippen molar-refractivity contribution in [1.82, 2.24) is 8.75 Å². The molecular weight excluding hydrogens is 308 g/mol. The van der Waals surface area contributed by atoms with Crippen molar-refractivity contribution in [3.05, 3.63) is 42.0 Å². The van der Waals surface area contributed by atoms with Crippen LogP contribution in [0.1, 0.15) is 5.56 Å². The summed E-state index contributed by atoms with van der Waals surface area (Å²) in [6.45, 7) is 1.89. The van der Waals surface area contributed by atoms with Crippen molar-refractivity contribution in [1.29, 1.82) is 0 Å². The van der Waals surface area contributed by atoms with Gasteiger partial charge in [-0.3, -0.25) is 4.72 Å². The number of fused-ring (bicyclic) bond motifs is 1. The summed E-state index contributed by atoms with van der Waals surface area (Å²) in [5, 5.41) is 0. The Bertz CT molecular complexity index is 919.